The van der Waals surface area contributed by atoms with Crippen LogP contribution in [0.1, 0.15) is 31.6 Å². The van der Waals surface area contributed by atoms with Crippen LogP contribution in [0.2, 0.25) is 0 Å². The standard InChI is InChI=1S/C10H16N4/c1-8(2)4-5-9(14-11)10-12-6-3-7-13-10/h3,6-7,9,14H,1,4-5,11H2,2H3. The highest BCUT2D eigenvalue weighted by Crippen LogP contribution is 2.15. The summed E-state index contributed by atoms with van der Waals surface area (Å²) >= 11 is 0. The van der Waals surface area contributed by atoms with Crippen molar-refractivity contribution in [2.75, 3.05) is 0 Å². The van der Waals surface area contributed by atoms with E-state index in [1.807, 2.05) is 6.92 Å². The first-order valence-corrected chi connectivity index (χ1v) is 4.61. The molecule has 76 valence electrons. The second-order valence-electron chi connectivity index (χ2n) is 3.32. The van der Waals surface area contributed by atoms with Gasteiger partial charge in [-0.2, -0.15) is 0 Å². The van der Waals surface area contributed by atoms with Crippen LogP contribution in [0.25, 0.3) is 0 Å². The lowest BCUT2D eigenvalue weighted by Gasteiger charge is -2.13. The summed E-state index contributed by atoms with van der Waals surface area (Å²) in [6.45, 7) is 5.85. The molecule has 1 unspecified atom stereocenters. The van der Waals surface area contributed by atoms with E-state index >= 15 is 0 Å². The number of nitrogens with one attached hydrogen (secondary N) is 1. The van der Waals surface area contributed by atoms with Crippen LogP contribution in [0.3, 0.4) is 0 Å². The Morgan fingerprint density at radius 1 is 1.57 bits per heavy atom. The van der Waals surface area contributed by atoms with E-state index in [0.29, 0.717) is 0 Å². The molecule has 0 aromatic carbocycles. The maximum Gasteiger partial charge on any atom is 0.146 e. The van der Waals surface area contributed by atoms with E-state index in [9.17, 15) is 0 Å². The Balaban J connectivity index is 2.58. The lowest BCUT2D eigenvalue weighted by molar-refractivity contribution is 0.490. The van der Waals surface area contributed by atoms with Gasteiger partial charge in [0.1, 0.15) is 5.82 Å². The summed E-state index contributed by atoms with van der Waals surface area (Å²) in [5, 5.41) is 0. The largest absolute Gasteiger partial charge is 0.271 e. The molecule has 3 N–H and O–H groups in total. The average molecular weight is 192 g/mol. The second-order valence-corrected chi connectivity index (χ2v) is 3.32. The van der Waals surface area contributed by atoms with Gasteiger partial charge in [0, 0.05) is 12.4 Å². The molecule has 1 atom stereocenters. The number of hydrogen-bond acceptors (Lipinski definition) is 4. The van der Waals surface area contributed by atoms with Gasteiger partial charge in [-0.05, 0) is 25.8 Å². The van der Waals surface area contributed by atoms with E-state index in [1.54, 1.807) is 18.5 Å². The van der Waals surface area contributed by atoms with Crippen molar-refractivity contribution in [1.82, 2.24) is 15.4 Å². The molecule has 0 aliphatic carbocycles. The summed E-state index contributed by atoms with van der Waals surface area (Å²) in [6, 6.07) is 1.79. The summed E-state index contributed by atoms with van der Waals surface area (Å²) in [7, 11) is 0. The third-order valence-corrected chi connectivity index (χ3v) is 1.96. The first kappa shape index (κ1) is 10.8. The fourth-order valence-electron chi connectivity index (χ4n) is 1.17. The molecule has 0 bridgehead atoms. The van der Waals surface area contributed by atoms with Crippen LogP contribution < -0.4 is 11.3 Å². The van der Waals surface area contributed by atoms with Crippen LogP contribution >= 0.6 is 0 Å². The van der Waals surface area contributed by atoms with Gasteiger partial charge >= 0.3 is 0 Å². The molecule has 1 aromatic heterocycles. The van der Waals surface area contributed by atoms with Crippen molar-refractivity contribution in [3.8, 4) is 0 Å². The monoisotopic (exact) mass is 192 g/mol. The van der Waals surface area contributed by atoms with Crippen molar-refractivity contribution in [2.24, 2.45) is 5.84 Å². The molecule has 0 spiro atoms. The van der Waals surface area contributed by atoms with E-state index in [4.69, 9.17) is 5.84 Å². The normalized spacial score (nSPS) is 12.4. The number of aromatic nitrogens is 2. The number of rotatable bonds is 5. The first-order chi connectivity index (χ1) is 6.74. The van der Waals surface area contributed by atoms with E-state index in [0.717, 1.165) is 24.2 Å². The highest BCUT2D eigenvalue weighted by molar-refractivity contribution is 4.98. The molecular formula is C10H16N4. The fourth-order valence-corrected chi connectivity index (χ4v) is 1.17. The van der Waals surface area contributed by atoms with Gasteiger partial charge in [-0.1, -0.05) is 5.57 Å². The third-order valence-electron chi connectivity index (χ3n) is 1.96. The van der Waals surface area contributed by atoms with Crippen LogP contribution in [0.15, 0.2) is 30.6 Å². The van der Waals surface area contributed by atoms with Gasteiger partial charge in [0.05, 0.1) is 6.04 Å². The minimum absolute atomic E-state index is 0.00731. The Labute approximate surface area is 84.2 Å². The topological polar surface area (TPSA) is 63.8 Å². The van der Waals surface area contributed by atoms with Crippen LogP contribution in [0.5, 0.6) is 0 Å². The average Bonchev–Trinajstić information content (AvgIpc) is 2.20. The lowest BCUT2D eigenvalue weighted by Crippen LogP contribution is -2.29. The van der Waals surface area contributed by atoms with Crippen molar-refractivity contribution in [1.29, 1.82) is 0 Å². The number of allylic oxidation sites excluding steroid dienone is 1. The Hall–Kier alpha value is -1.26. The maximum absolute atomic E-state index is 5.43. The zero-order valence-electron chi connectivity index (χ0n) is 8.40. The van der Waals surface area contributed by atoms with Gasteiger partial charge in [0.2, 0.25) is 0 Å². The predicted molar refractivity (Wildman–Crippen MR) is 56.1 cm³/mol. The van der Waals surface area contributed by atoms with Crippen molar-refractivity contribution in [3.63, 3.8) is 0 Å². The third kappa shape index (κ3) is 3.24. The molecule has 0 fully saturated rings. The molecule has 1 aromatic rings. The maximum atomic E-state index is 5.43. The fraction of sp³-hybridized carbons (Fsp3) is 0.400. The molecule has 0 aliphatic rings. The lowest BCUT2D eigenvalue weighted by atomic mass is 10.1. The number of hydrogen-bond donors (Lipinski definition) is 2. The first-order valence-electron chi connectivity index (χ1n) is 4.61. The SMILES string of the molecule is C=C(C)CCC(NN)c1ncccn1. The van der Waals surface area contributed by atoms with Gasteiger partial charge in [-0.3, -0.25) is 5.84 Å². The van der Waals surface area contributed by atoms with Crippen molar-refractivity contribution < 1.29 is 0 Å². The van der Waals surface area contributed by atoms with Crippen molar-refractivity contribution in [2.45, 2.75) is 25.8 Å². The molecule has 0 aliphatic heterocycles. The number of nitrogens with zero attached hydrogens (tertiary/aromatic N) is 2. The Bertz CT molecular complexity index is 283. The predicted octanol–water partition coefficient (Wildman–Crippen LogP) is 1.34. The van der Waals surface area contributed by atoms with E-state index in [2.05, 4.69) is 22.0 Å². The summed E-state index contributed by atoms with van der Waals surface area (Å²) in [6.07, 6.45) is 5.23. The summed E-state index contributed by atoms with van der Waals surface area (Å²) in [5.41, 5.74) is 3.85. The molecule has 1 heterocycles. The minimum atomic E-state index is 0.00731. The number of nitrogens with two attached hydrogens (primary N) is 1. The summed E-state index contributed by atoms with van der Waals surface area (Å²) < 4.78 is 0. The van der Waals surface area contributed by atoms with Gasteiger partial charge in [0.15, 0.2) is 0 Å². The van der Waals surface area contributed by atoms with Crippen molar-refractivity contribution >= 4 is 0 Å². The van der Waals surface area contributed by atoms with Crippen molar-refractivity contribution in [3.05, 3.63) is 36.4 Å². The zero-order valence-corrected chi connectivity index (χ0v) is 8.40. The molecule has 0 radical (unpaired) electrons. The van der Waals surface area contributed by atoms with Gasteiger partial charge in [-0.15, -0.1) is 6.58 Å². The molecular weight excluding hydrogens is 176 g/mol. The summed E-state index contributed by atoms with van der Waals surface area (Å²) in [4.78, 5) is 8.29. The molecule has 0 saturated carbocycles. The van der Waals surface area contributed by atoms with Gasteiger partial charge in [-0.25, -0.2) is 15.4 Å². The van der Waals surface area contributed by atoms with Gasteiger partial charge < -0.3 is 0 Å². The van der Waals surface area contributed by atoms with Crippen LogP contribution in [-0.4, -0.2) is 9.97 Å². The highest BCUT2D eigenvalue weighted by Gasteiger charge is 2.11. The smallest absolute Gasteiger partial charge is 0.146 e. The Morgan fingerprint density at radius 3 is 2.71 bits per heavy atom. The van der Waals surface area contributed by atoms with E-state index in [1.165, 1.54) is 0 Å². The highest BCUT2D eigenvalue weighted by atomic mass is 15.2. The van der Waals surface area contributed by atoms with Crippen LogP contribution in [0.4, 0.5) is 0 Å². The quantitative estimate of drug-likeness (QED) is 0.420. The second kappa shape index (κ2) is 5.47. The Kier molecular flexibility index (Phi) is 4.22. The summed E-state index contributed by atoms with van der Waals surface area (Å²) in [5.74, 6) is 6.16. The number of hydrazine groups is 1. The minimum Gasteiger partial charge on any atom is -0.271 e. The zero-order chi connectivity index (χ0) is 10.4. The molecule has 0 amide bonds. The van der Waals surface area contributed by atoms with Gasteiger partial charge in [0.25, 0.3) is 0 Å². The molecule has 4 heteroatoms. The molecule has 14 heavy (non-hydrogen) atoms. The molecule has 1 rings (SSSR count). The van der Waals surface area contributed by atoms with Crippen LogP contribution in [0, 0.1) is 0 Å². The molecule has 4 nitrogen and oxygen atoms in total. The van der Waals surface area contributed by atoms with E-state index in [-0.39, 0.29) is 6.04 Å². The molecule has 0 saturated heterocycles. The van der Waals surface area contributed by atoms with Crippen LogP contribution in [-0.2, 0) is 0 Å². The van der Waals surface area contributed by atoms with E-state index < -0.39 is 0 Å². The Morgan fingerprint density at radius 2 is 2.21 bits per heavy atom.